The second kappa shape index (κ2) is 9.54. The number of hydrogen-bond acceptors (Lipinski definition) is 4. The summed E-state index contributed by atoms with van der Waals surface area (Å²) in [5.41, 5.74) is 0. The Balaban J connectivity index is 0.00000242. The Morgan fingerprint density at radius 3 is 2.59 bits per heavy atom. The monoisotopic (exact) mass is 328 g/mol. The van der Waals surface area contributed by atoms with Gasteiger partial charge in [-0.2, -0.15) is 0 Å². The first-order valence-corrected chi connectivity index (χ1v) is 7.43. The fourth-order valence-corrected chi connectivity index (χ4v) is 2.46. The molecule has 6 heteroatoms. The van der Waals surface area contributed by atoms with Crippen molar-refractivity contribution < 1.29 is 14.3 Å². The van der Waals surface area contributed by atoms with Gasteiger partial charge in [-0.3, -0.25) is 4.79 Å². The van der Waals surface area contributed by atoms with Crippen molar-refractivity contribution in [3.8, 4) is 11.5 Å². The van der Waals surface area contributed by atoms with E-state index in [-0.39, 0.29) is 24.2 Å². The van der Waals surface area contributed by atoms with Crippen LogP contribution in [-0.2, 0) is 4.79 Å². The molecule has 1 aromatic rings. The number of carbonyl (C=O) groups is 1. The smallest absolute Gasteiger partial charge is 0.226 e. The number of carbonyl (C=O) groups excluding carboxylic acids is 1. The summed E-state index contributed by atoms with van der Waals surface area (Å²) >= 11 is 0. The van der Waals surface area contributed by atoms with Gasteiger partial charge in [-0.15, -0.1) is 12.4 Å². The van der Waals surface area contributed by atoms with E-state index in [0.29, 0.717) is 13.2 Å². The van der Waals surface area contributed by atoms with Crippen LogP contribution in [0.2, 0.25) is 0 Å². The largest absolute Gasteiger partial charge is 0.497 e. The molecule has 0 aromatic heterocycles. The summed E-state index contributed by atoms with van der Waals surface area (Å²) in [7, 11) is 3.48. The van der Waals surface area contributed by atoms with Gasteiger partial charge >= 0.3 is 0 Å². The molecular weight excluding hydrogens is 304 g/mol. The first-order chi connectivity index (χ1) is 10.2. The van der Waals surface area contributed by atoms with Crippen molar-refractivity contribution >= 4 is 18.3 Å². The van der Waals surface area contributed by atoms with Crippen LogP contribution in [0, 0.1) is 5.92 Å². The third-order valence-electron chi connectivity index (χ3n) is 3.78. The number of halogens is 1. The Morgan fingerprint density at radius 2 is 2.00 bits per heavy atom. The number of nitrogens with zero attached hydrogens (tertiary/aromatic N) is 1. The van der Waals surface area contributed by atoms with E-state index in [2.05, 4.69) is 5.32 Å². The summed E-state index contributed by atoms with van der Waals surface area (Å²) < 4.78 is 10.7. The van der Waals surface area contributed by atoms with Crippen molar-refractivity contribution in [2.45, 2.75) is 12.8 Å². The maximum atomic E-state index is 12.2. The van der Waals surface area contributed by atoms with E-state index in [4.69, 9.17) is 9.47 Å². The highest BCUT2D eigenvalue weighted by molar-refractivity contribution is 5.85. The molecule has 1 saturated heterocycles. The summed E-state index contributed by atoms with van der Waals surface area (Å²) in [5, 5.41) is 3.27. The number of amides is 1. The third-order valence-corrected chi connectivity index (χ3v) is 3.78. The molecule has 1 heterocycles. The van der Waals surface area contributed by atoms with Crippen molar-refractivity contribution in [2.75, 3.05) is 40.4 Å². The van der Waals surface area contributed by atoms with Gasteiger partial charge in [0, 0.05) is 13.6 Å². The first kappa shape index (κ1) is 18.6. The van der Waals surface area contributed by atoms with Crippen molar-refractivity contribution in [2.24, 2.45) is 5.92 Å². The van der Waals surface area contributed by atoms with Crippen molar-refractivity contribution in [1.29, 1.82) is 0 Å². The van der Waals surface area contributed by atoms with E-state index in [9.17, 15) is 4.79 Å². The lowest BCUT2D eigenvalue weighted by molar-refractivity contribution is -0.135. The summed E-state index contributed by atoms with van der Waals surface area (Å²) in [6, 6.07) is 7.45. The van der Waals surface area contributed by atoms with Crippen LogP contribution >= 0.6 is 12.4 Å². The zero-order valence-electron chi connectivity index (χ0n) is 13.2. The lowest BCUT2D eigenvalue weighted by Gasteiger charge is -2.27. The van der Waals surface area contributed by atoms with E-state index >= 15 is 0 Å². The highest BCUT2D eigenvalue weighted by Crippen LogP contribution is 2.17. The average Bonchev–Trinajstić information content (AvgIpc) is 2.55. The fourth-order valence-electron chi connectivity index (χ4n) is 2.46. The van der Waals surface area contributed by atoms with Crippen LogP contribution in [0.1, 0.15) is 12.8 Å². The van der Waals surface area contributed by atoms with Gasteiger partial charge < -0.3 is 19.7 Å². The predicted octanol–water partition coefficient (Wildman–Crippen LogP) is 1.95. The van der Waals surface area contributed by atoms with Crippen LogP contribution in [-0.4, -0.2) is 51.2 Å². The third kappa shape index (κ3) is 5.39. The zero-order valence-corrected chi connectivity index (χ0v) is 14.0. The van der Waals surface area contributed by atoms with Crippen LogP contribution in [0.3, 0.4) is 0 Å². The number of nitrogens with one attached hydrogen (secondary N) is 1. The van der Waals surface area contributed by atoms with Gasteiger partial charge in [-0.1, -0.05) is 0 Å². The van der Waals surface area contributed by atoms with E-state index < -0.39 is 0 Å². The summed E-state index contributed by atoms with van der Waals surface area (Å²) in [5.74, 6) is 1.92. The van der Waals surface area contributed by atoms with Crippen molar-refractivity contribution in [1.82, 2.24) is 10.2 Å². The Kier molecular flexibility index (Phi) is 8.06. The summed E-state index contributed by atoms with van der Waals surface area (Å²) in [6.07, 6.45) is 2.06. The topological polar surface area (TPSA) is 50.8 Å². The molecular formula is C16H25ClN2O3. The molecule has 1 atom stereocenters. The van der Waals surface area contributed by atoms with Gasteiger partial charge in [0.1, 0.15) is 18.1 Å². The zero-order chi connectivity index (χ0) is 15.1. The van der Waals surface area contributed by atoms with Gasteiger partial charge in [-0.25, -0.2) is 0 Å². The lowest BCUT2D eigenvalue weighted by atomic mass is 9.98. The maximum absolute atomic E-state index is 12.2. The lowest BCUT2D eigenvalue weighted by Crippen LogP contribution is -2.42. The molecule has 124 valence electrons. The van der Waals surface area contributed by atoms with E-state index in [1.54, 1.807) is 12.0 Å². The summed E-state index contributed by atoms with van der Waals surface area (Å²) in [6.45, 7) is 2.91. The fraction of sp³-hybridized carbons (Fsp3) is 0.562. The normalized spacial score (nSPS) is 17.3. The molecule has 22 heavy (non-hydrogen) atoms. The Bertz CT molecular complexity index is 447. The summed E-state index contributed by atoms with van der Waals surface area (Å²) in [4.78, 5) is 14.0. The standard InChI is InChI=1S/C16H24N2O3.ClH/c1-18(16(19)13-4-3-9-17-12-13)10-11-21-15-7-5-14(20-2)6-8-15;/h5-8,13,17H,3-4,9-12H2,1-2H3;1H. The molecule has 1 amide bonds. The molecule has 1 fully saturated rings. The van der Waals surface area contributed by atoms with Crippen LogP contribution in [0.4, 0.5) is 0 Å². The average molecular weight is 329 g/mol. The molecule has 0 aliphatic carbocycles. The highest BCUT2D eigenvalue weighted by Gasteiger charge is 2.23. The molecule has 0 saturated carbocycles. The predicted molar refractivity (Wildman–Crippen MR) is 89.0 cm³/mol. The SMILES string of the molecule is COc1ccc(OCCN(C)C(=O)C2CCCNC2)cc1.Cl. The van der Waals surface area contributed by atoms with E-state index in [1.165, 1.54) is 0 Å². The second-order valence-corrected chi connectivity index (χ2v) is 5.33. The number of methoxy groups -OCH3 is 1. The quantitative estimate of drug-likeness (QED) is 0.867. The highest BCUT2D eigenvalue weighted by atomic mass is 35.5. The molecule has 0 spiro atoms. The van der Waals surface area contributed by atoms with E-state index in [1.807, 2.05) is 31.3 Å². The number of rotatable bonds is 6. The molecule has 5 nitrogen and oxygen atoms in total. The Morgan fingerprint density at radius 1 is 1.32 bits per heavy atom. The minimum atomic E-state index is 0. The van der Waals surface area contributed by atoms with Gasteiger partial charge in [0.25, 0.3) is 0 Å². The van der Waals surface area contributed by atoms with Crippen molar-refractivity contribution in [3.63, 3.8) is 0 Å². The minimum absolute atomic E-state index is 0. The number of piperidine rings is 1. The maximum Gasteiger partial charge on any atom is 0.226 e. The van der Waals surface area contributed by atoms with Crippen LogP contribution in [0.15, 0.2) is 24.3 Å². The molecule has 1 unspecified atom stereocenters. The molecule has 1 aliphatic heterocycles. The number of benzene rings is 1. The van der Waals surface area contributed by atoms with Crippen molar-refractivity contribution in [3.05, 3.63) is 24.3 Å². The van der Waals surface area contributed by atoms with Gasteiger partial charge in [0.2, 0.25) is 5.91 Å². The minimum Gasteiger partial charge on any atom is -0.497 e. The molecule has 1 N–H and O–H groups in total. The van der Waals surface area contributed by atoms with Crippen LogP contribution in [0.25, 0.3) is 0 Å². The first-order valence-electron chi connectivity index (χ1n) is 7.43. The van der Waals surface area contributed by atoms with Gasteiger partial charge in [0.15, 0.2) is 0 Å². The van der Waals surface area contributed by atoms with Gasteiger partial charge in [0.05, 0.1) is 19.6 Å². The van der Waals surface area contributed by atoms with Gasteiger partial charge in [-0.05, 0) is 43.7 Å². The molecule has 0 radical (unpaired) electrons. The van der Waals surface area contributed by atoms with E-state index in [0.717, 1.165) is 37.4 Å². The van der Waals surface area contributed by atoms with Crippen LogP contribution in [0.5, 0.6) is 11.5 Å². The molecule has 1 aliphatic rings. The molecule has 2 rings (SSSR count). The van der Waals surface area contributed by atoms with Crippen LogP contribution < -0.4 is 14.8 Å². The molecule has 1 aromatic carbocycles. The molecule has 0 bridgehead atoms. The number of hydrogen-bond donors (Lipinski definition) is 1. The number of likely N-dealkylation sites (N-methyl/N-ethyl adjacent to an activating group) is 1. The Hall–Kier alpha value is -1.46. The number of ether oxygens (including phenoxy) is 2. The Labute approximate surface area is 138 Å². The second-order valence-electron chi connectivity index (χ2n) is 5.33.